The van der Waals surface area contributed by atoms with Gasteiger partial charge in [-0.25, -0.2) is 0 Å². The van der Waals surface area contributed by atoms with Crippen molar-refractivity contribution >= 4 is 5.78 Å². The van der Waals surface area contributed by atoms with Crippen molar-refractivity contribution < 1.29 is 4.79 Å². The predicted molar refractivity (Wildman–Crippen MR) is 57.5 cm³/mol. The van der Waals surface area contributed by atoms with E-state index >= 15 is 0 Å². The highest BCUT2D eigenvalue weighted by molar-refractivity contribution is 5.98. The van der Waals surface area contributed by atoms with E-state index in [1.807, 2.05) is 18.2 Å². The number of rotatable bonds is 2. The van der Waals surface area contributed by atoms with E-state index < -0.39 is 0 Å². The minimum absolute atomic E-state index is 0.338. The van der Waals surface area contributed by atoms with Crippen LogP contribution in [0, 0.1) is 5.92 Å². The van der Waals surface area contributed by atoms with Gasteiger partial charge in [-0.2, -0.15) is 0 Å². The van der Waals surface area contributed by atoms with Crippen LogP contribution in [0.3, 0.4) is 0 Å². The Hall–Kier alpha value is -1.11. The Morgan fingerprint density at radius 3 is 2.86 bits per heavy atom. The molecule has 2 rings (SSSR count). The van der Waals surface area contributed by atoms with E-state index in [9.17, 15) is 4.79 Å². The average Bonchev–Trinajstić information content (AvgIpc) is 2.18. The number of ketones is 1. The summed E-state index contributed by atoms with van der Waals surface area (Å²) in [5, 5.41) is 0. The third-order valence-electron chi connectivity index (χ3n) is 3.00. The fourth-order valence-electron chi connectivity index (χ4n) is 2.34. The van der Waals surface area contributed by atoms with Gasteiger partial charge in [0, 0.05) is 12.0 Å². The van der Waals surface area contributed by atoms with Gasteiger partial charge in [-0.1, -0.05) is 37.6 Å². The third kappa shape index (κ3) is 1.72. The number of hydrogen-bond acceptors (Lipinski definition) is 1. The van der Waals surface area contributed by atoms with Crippen LogP contribution < -0.4 is 0 Å². The van der Waals surface area contributed by atoms with Crippen LogP contribution in [0.4, 0.5) is 0 Å². The van der Waals surface area contributed by atoms with Gasteiger partial charge in [0.25, 0.3) is 0 Å². The van der Waals surface area contributed by atoms with Gasteiger partial charge in [-0.05, 0) is 24.3 Å². The van der Waals surface area contributed by atoms with Crippen LogP contribution in [-0.2, 0) is 6.42 Å². The lowest BCUT2D eigenvalue weighted by molar-refractivity contribution is 0.0946. The Morgan fingerprint density at radius 1 is 1.29 bits per heavy atom. The summed E-state index contributed by atoms with van der Waals surface area (Å²) < 4.78 is 0. The minimum atomic E-state index is 0.338. The number of Topliss-reactive ketones (excluding diaryl/α,β-unsaturated/α-hetero) is 1. The first-order valence-electron chi connectivity index (χ1n) is 5.42. The van der Waals surface area contributed by atoms with E-state index in [0.717, 1.165) is 18.4 Å². The molecule has 1 unspecified atom stereocenters. The molecule has 14 heavy (non-hydrogen) atoms. The van der Waals surface area contributed by atoms with Crippen LogP contribution in [0.25, 0.3) is 0 Å². The predicted octanol–water partition coefficient (Wildman–Crippen LogP) is 3.23. The molecule has 0 aliphatic heterocycles. The van der Waals surface area contributed by atoms with E-state index in [2.05, 4.69) is 13.0 Å². The highest BCUT2D eigenvalue weighted by atomic mass is 16.1. The molecule has 1 aliphatic rings. The maximum absolute atomic E-state index is 11.8. The molecule has 0 N–H and O–H groups in total. The number of hydrogen-bond donors (Lipinski definition) is 0. The molecule has 0 bridgehead atoms. The molecule has 74 valence electrons. The van der Waals surface area contributed by atoms with Crippen molar-refractivity contribution in [3.8, 4) is 0 Å². The summed E-state index contributed by atoms with van der Waals surface area (Å²) in [7, 11) is 0. The zero-order valence-electron chi connectivity index (χ0n) is 8.62. The largest absolute Gasteiger partial charge is 0.294 e. The van der Waals surface area contributed by atoms with Gasteiger partial charge < -0.3 is 0 Å². The molecule has 0 spiro atoms. The molecule has 0 fully saturated rings. The standard InChI is InChI=1S/C13H16O/c1-2-5-10-8-11-6-3-4-7-12(11)13(14)9-10/h3-4,6-7,10H,2,5,8-9H2,1H3. The van der Waals surface area contributed by atoms with Gasteiger partial charge in [0.15, 0.2) is 5.78 Å². The van der Waals surface area contributed by atoms with Crippen LogP contribution in [-0.4, -0.2) is 5.78 Å². The van der Waals surface area contributed by atoms with E-state index in [1.165, 1.54) is 18.4 Å². The summed E-state index contributed by atoms with van der Waals surface area (Å²) in [5.74, 6) is 0.924. The fourth-order valence-corrected chi connectivity index (χ4v) is 2.34. The highest BCUT2D eigenvalue weighted by Crippen LogP contribution is 2.27. The Bertz CT molecular complexity index is 341. The van der Waals surface area contributed by atoms with Crippen LogP contribution in [0.15, 0.2) is 24.3 Å². The molecule has 1 aliphatic carbocycles. The van der Waals surface area contributed by atoms with Crippen molar-refractivity contribution in [2.24, 2.45) is 5.92 Å². The quantitative estimate of drug-likeness (QED) is 0.696. The number of fused-ring (bicyclic) bond motifs is 1. The van der Waals surface area contributed by atoms with E-state index in [1.54, 1.807) is 0 Å². The van der Waals surface area contributed by atoms with Gasteiger partial charge in [-0.15, -0.1) is 0 Å². The lowest BCUT2D eigenvalue weighted by Gasteiger charge is -2.22. The summed E-state index contributed by atoms with van der Waals surface area (Å²) >= 11 is 0. The molecule has 1 aromatic carbocycles. The zero-order chi connectivity index (χ0) is 9.97. The average molecular weight is 188 g/mol. The summed E-state index contributed by atoms with van der Waals surface area (Å²) in [5.41, 5.74) is 2.21. The lowest BCUT2D eigenvalue weighted by atomic mass is 9.81. The summed E-state index contributed by atoms with van der Waals surface area (Å²) in [6, 6.07) is 8.03. The van der Waals surface area contributed by atoms with Crippen molar-refractivity contribution in [3.05, 3.63) is 35.4 Å². The first-order chi connectivity index (χ1) is 6.81. The fraction of sp³-hybridized carbons (Fsp3) is 0.462. The van der Waals surface area contributed by atoms with Crippen molar-refractivity contribution in [2.45, 2.75) is 32.6 Å². The molecule has 0 saturated heterocycles. The minimum Gasteiger partial charge on any atom is -0.294 e. The maximum atomic E-state index is 11.8. The van der Waals surface area contributed by atoms with Crippen molar-refractivity contribution in [2.75, 3.05) is 0 Å². The molecule has 1 atom stereocenters. The second kappa shape index (κ2) is 3.95. The smallest absolute Gasteiger partial charge is 0.163 e. The topological polar surface area (TPSA) is 17.1 Å². The first-order valence-corrected chi connectivity index (χ1v) is 5.42. The summed E-state index contributed by atoms with van der Waals surface area (Å²) in [6.07, 6.45) is 4.21. The van der Waals surface area contributed by atoms with E-state index in [0.29, 0.717) is 11.7 Å². The van der Waals surface area contributed by atoms with Gasteiger partial charge in [0.05, 0.1) is 0 Å². The number of carbonyl (C=O) groups is 1. The Kier molecular flexibility index (Phi) is 2.67. The highest BCUT2D eigenvalue weighted by Gasteiger charge is 2.23. The molecule has 1 nitrogen and oxygen atoms in total. The number of benzene rings is 1. The van der Waals surface area contributed by atoms with Gasteiger partial charge in [0.2, 0.25) is 0 Å². The van der Waals surface area contributed by atoms with Crippen molar-refractivity contribution in [1.82, 2.24) is 0 Å². The summed E-state index contributed by atoms with van der Waals surface area (Å²) in [4.78, 5) is 11.8. The molecular weight excluding hydrogens is 172 g/mol. The molecule has 0 heterocycles. The molecule has 0 radical (unpaired) electrons. The Labute approximate surface area is 85.1 Å². The molecule has 0 saturated carbocycles. The van der Waals surface area contributed by atoms with Gasteiger partial charge in [0.1, 0.15) is 0 Å². The maximum Gasteiger partial charge on any atom is 0.163 e. The van der Waals surface area contributed by atoms with E-state index in [4.69, 9.17) is 0 Å². The van der Waals surface area contributed by atoms with Crippen LogP contribution in [0.2, 0.25) is 0 Å². The van der Waals surface area contributed by atoms with Crippen LogP contribution in [0.5, 0.6) is 0 Å². The monoisotopic (exact) mass is 188 g/mol. The van der Waals surface area contributed by atoms with E-state index in [-0.39, 0.29) is 0 Å². The summed E-state index contributed by atoms with van der Waals surface area (Å²) in [6.45, 7) is 2.19. The van der Waals surface area contributed by atoms with Crippen molar-refractivity contribution in [1.29, 1.82) is 0 Å². The molecular formula is C13H16O. The van der Waals surface area contributed by atoms with Crippen LogP contribution >= 0.6 is 0 Å². The second-order valence-corrected chi connectivity index (χ2v) is 4.14. The molecule has 1 heteroatoms. The Morgan fingerprint density at radius 2 is 2.07 bits per heavy atom. The van der Waals surface area contributed by atoms with Gasteiger partial charge >= 0.3 is 0 Å². The molecule has 0 aromatic heterocycles. The number of carbonyl (C=O) groups excluding carboxylic acids is 1. The molecule has 0 amide bonds. The first kappa shape index (κ1) is 9.45. The Balaban J connectivity index is 2.24. The SMILES string of the molecule is CCCC1CC(=O)c2ccccc2C1. The normalized spacial score (nSPS) is 20.6. The lowest BCUT2D eigenvalue weighted by Crippen LogP contribution is -2.19. The zero-order valence-corrected chi connectivity index (χ0v) is 8.62. The van der Waals surface area contributed by atoms with Crippen LogP contribution in [0.1, 0.15) is 42.1 Å². The van der Waals surface area contributed by atoms with Gasteiger partial charge in [-0.3, -0.25) is 4.79 Å². The molecule has 1 aromatic rings. The second-order valence-electron chi connectivity index (χ2n) is 4.14. The van der Waals surface area contributed by atoms with Crippen molar-refractivity contribution in [3.63, 3.8) is 0 Å². The third-order valence-corrected chi connectivity index (χ3v) is 3.00.